The summed E-state index contributed by atoms with van der Waals surface area (Å²) in [6.07, 6.45) is 3.77. The Kier molecular flexibility index (Phi) is 8.73. The summed E-state index contributed by atoms with van der Waals surface area (Å²) in [4.78, 5) is 26.1. The summed E-state index contributed by atoms with van der Waals surface area (Å²) in [5.41, 5.74) is 3.72. The highest BCUT2D eigenvalue weighted by Gasteiger charge is 2.22. The SMILES string of the molecule is C=CC(=O)Nc1cccc(C)c1Nc1ncc2cc(-c3c(Cl)c(OC)cc(OC)c3Cl)nc(NCCC)c2n1. The number of nitrogens with one attached hydrogen (secondary N) is 3. The number of para-hydroxylation sites is 1. The molecule has 0 atom stereocenters. The minimum atomic E-state index is -0.322. The fourth-order valence-corrected chi connectivity index (χ4v) is 4.63. The fourth-order valence-electron chi connectivity index (χ4n) is 3.94. The molecule has 9 nitrogen and oxygen atoms in total. The lowest BCUT2D eigenvalue weighted by Crippen LogP contribution is -2.11. The van der Waals surface area contributed by atoms with Crippen molar-refractivity contribution in [3.05, 3.63) is 64.8 Å². The molecule has 2 heterocycles. The van der Waals surface area contributed by atoms with E-state index in [0.717, 1.165) is 12.0 Å². The summed E-state index contributed by atoms with van der Waals surface area (Å²) in [6.45, 7) is 8.16. The Morgan fingerprint density at radius 3 is 2.46 bits per heavy atom. The number of hydrogen-bond donors (Lipinski definition) is 3. The van der Waals surface area contributed by atoms with Gasteiger partial charge in [0.05, 0.1) is 41.3 Å². The van der Waals surface area contributed by atoms with E-state index in [2.05, 4.69) is 34.4 Å². The number of rotatable bonds is 10. The van der Waals surface area contributed by atoms with Crippen LogP contribution in [0.2, 0.25) is 10.0 Å². The number of aromatic nitrogens is 3. The molecule has 2 aromatic heterocycles. The van der Waals surface area contributed by atoms with Gasteiger partial charge in [0.25, 0.3) is 0 Å². The maximum atomic E-state index is 12.0. The largest absolute Gasteiger partial charge is 0.495 e. The lowest BCUT2D eigenvalue weighted by atomic mass is 10.1. The monoisotopic (exact) mass is 566 g/mol. The van der Waals surface area contributed by atoms with Gasteiger partial charge in [0.1, 0.15) is 17.0 Å². The van der Waals surface area contributed by atoms with E-state index in [4.69, 9.17) is 42.6 Å². The van der Waals surface area contributed by atoms with Crippen molar-refractivity contribution in [3.8, 4) is 22.8 Å². The van der Waals surface area contributed by atoms with Crippen molar-refractivity contribution in [2.75, 3.05) is 36.7 Å². The van der Waals surface area contributed by atoms with E-state index in [1.807, 2.05) is 25.1 Å². The zero-order valence-electron chi connectivity index (χ0n) is 22.0. The van der Waals surface area contributed by atoms with Crippen molar-refractivity contribution in [1.29, 1.82) is 0 Å². The van der Waals surface area contributed by atoms with E-state index >= 15 is 0 Å². The first-order valence-electron chi connectivity index (χ1n) is 12.1. The molecule has 0 aliphatic carbocycles. The Labute approximate surface area is 236 Å². The average molecular weight is 567 g/mol. The molecule has 0 spiro atoms. The van der Waals surface area contributed by atoms with Gasteiger partial charge in [-0.25, -0.2) is 15.0 Å². The zero-order valence-corrected chi connectivity index (χ0v) is 23.5. The van der Waals surface area contributed by atoms with Crippen LogP contribution in [-0.4, -0.2) is 41.6 Å². The van der Waals surface area contributed by atoms with Crippen LogP contribution in [0.25, 0.3) is 22.2 Å². The molecule has 1 amide bonds. The van der Waals surface area contributed by atoms with Gasteiger partial charge in [-0.2, -0.15) is 0 Å². The smallest absolute Gasteiger partial charge is 0.247 e. The molecular weight excluding hydrogens is 539 g/mol. The van der Waals surface area contributed by atoms with Crippen LogP contribution in [-0.2, 0) is 4.79 Å². The van der Waals surface area contributed by atoms with E-state index in [-0.39, 0.29) is 5.91 Å². The lowest BCUT2D eigenvalue weighted by Gasteiger charge is -2.17. The number of carbonyl (C=O) groups excluding carboxylic acids is 1. The highest BCUT2D eigenvalue weighted by atomic mass is 35.5. The van der Waals surface area contributed by atoms with Crippen molar-refractivity contribution in [2.24, 2.45) is 0 Å². The van der Waals surface area contributed by atoms with Crippen LogP contribution in [0.3, 0.4) is 0 Å². The first-order valence-corrected chi connectivity index (χ1v) is 12.9. The van der Waals surface area contributed by atoms with Gasteiger partial charge in [0.2, 0.25) is 11.9 Å². The third-order valence-corrected chi connectivity index (χ3v) is 6.64. The van der Waals surface area contributed by atoms with E-state index in [0.29, 0.717) is 73.4 Å². The van der Waals surface area contributed by atoms with Crippen LogP contribution in [0.4, 0.5) is 23.1 Å². The molecule has 0 bridgehead atoms. The second-order valence-corrected chi connectivity index (χ2v) is 9.27. The van der Waals surface area contributed by atoms with Crippen LogP contribution >= 0.6 is 23.2 Å². The molecule has 202 valence electrons. The van der Waals surface area contributed by atoms with Crippen LogP contribution in [0, 0.1) is 6.92 Å². The molecule has 4 rings (SSSR count). The third-order valence-electron chi connectivity index (χ3n) is 5.89. The van der Waals surface area contributed by atoms with E-state index < -0.39 is 0 Å². The molecule has 0 aliphatic heterocycles. The number of pyridine rings is 1. The number of anilines is 4. The summed E-state index contributed by atoms with van der Waals surface area (Å²) < 4.78 is 10.9. The third kappa shape index (κ3) is 5.84. The van der Waals surface area contributed by atoms with Crippen molar-refractivity contribution in [3.63, 3.8) is 0 Å². The highest BCUT2D eigenvalue weighted by molar-refractivity contribution is 6.41. The van der Waals surface area contributed by atoms with Crippen molar-refractivity contribution >= 4 is 63.2 Å². The molecule has 0 unspecified atom stereocenters. The van der Waals surface area contributed by atoms with Gasteiger partial charge in [0.15, 0.2) is 5.82 Å². The highest BCUT2D eigenvalue weighted by Crippen LogP contribution is 2.46. The van der Waals surface area contributed by atoms with Gasteiger partial charge < -0.3 is 25.4 Å². The predicted octanol–water partition coefficient (Wildman–Crippen LogP) is 7.01. The molecule has 3 N–H and O–H groups in total. The number of amides is 1. The number of aryl methyl sites for hydroxylation is 1. The number of methoxy groups -OCH3 is 2. The molecule has 39 heavy (non-hydrogen) atoms. The Morgan fingerprint density at radius 2 is 1.82 bits per heavy atom. The van der Waals surface area contributed by atoms with Gasteiger partial charge in [-0.3, -0.25) is 4.79 Å². The second kappa shape index (κ2) is 12.2. The Hall–Kier alpha value is -4.08. The molecule has 0 saturated carbocycles. The molecule has 0 fully saturated rings. The van der Waals surface area contributed by atoms with E-state index in [1.54, 1.807) is 18.3 Å². The minimum Gasteiger partial charge on any atom is -0.495 e. The molecule has 2 aromatic carbocycles. The number of halogens is 2. The first kappa shape index (κ1) is 27.9. The summed E-state index contributed by atoms with van der Waals surface area (Å²) >= 11 is 13.3. The summed E-state index contributed by atoms with van der Waals surface area (Å²) in [7, 11) is 3.04. The maximum Gasteiger partial charge on any atom is 0.247 e. The number of nitrogens with zero attached hydrogens (tertiary/aromatic N) is 3. The number of ether oxygens (including phenoxy) is 2. The number of benzene rings is 2. The average Bonchev–Trinajstić information content (AvgIpc) is 2.93. The Bertz CT molecular complexity index is 1530. The summed E-state index contributed by atoms with van der Waals surface area (Å²) in [5, 5.41) is 10.7. The number of hydrogen-bond acceptors (Lipinski definition) is 8. The molecular formula is C28H28Cl2N6O3. The second-order valence-electron chi connectivity index (χ2n) is 8.51. The number of carbonyl (C=O) groups is 1. The van der Waals surface area contributed by atoms with E-state index in [1.165, 1.54) is 20.3 Å². The van der Waals surface area contributed by atoms with Gasteiger partial charge in [0, 0.05) is 29.8 Å². The van der Waals surface area contributed by atoms with Crippen LogP contribution in [0.5, 0.6) is 11.5 Å². The van der Waals surface area contributed by atoms with Gasteiger partial charge in [-0.1, -0.05) is 48.8 Å². The standard InChI is InChI=1S/C28H28Cl2N6O3/c1-6-11-31-27-26-16(12-18(34-27)22-23(29)19(38-4)13-20(39-5)24(22)30)14-32-28(36-26)35-25-15(3)9-8-10-17(25)33-21(37)7-2/h7-10,12-14H,2,6,11H2,1,3-5H3,(H,31,34)(H,33,37)(H,32,35,36). The maximum absolute atomic E-state index is 12.0. The fraction of sp³-hybridized carbons (Fsp3) is 0.214. The van der Waals surface area contributed by atoms with E-state index in [9.17, 15) is 4.79 Å². The van der Waals surface area contributed by atoms with Crippen molar-refractivity contribution in [2.45, 2.75) is 20.3 Å². The molecule has 0 saturated heterocycles. The van der Waals surface area contributed by atoms with Crippen LogP contribution < -0.4 is 25.4 Å². The van der Waals surface area contributed by atoms with Crippen molar-refractivity contribution < 1.29 is 14.3 Å². The van der Waals surface area contributed by atoms with Crippen molar-refractivity contribution in [1.82, 2.24) is 15.0 Å². The normalized spacial score (nSPS) is 10.7. The van der Waals surface area contributed by atoms with Gasteiger partial charge >= 0.3 is 0 Å². The first-order chi connectivity index (χ1) is 18.8. The zero-order chi connectivity index (χ0) is 28.1. The molecule has 0 radical (unpaired) electrons. The van der Waals surface area contributed by atoms with Gasteiger partial charge in [-0.05, 0) is 37.1 Å². The summed E-state index contributed by atoms with van der Waals surface area (Å²) in [6, 6.07) is 9.00. The summed E-state index contributed by atoms with van der Waals surface area (Å²) in [5.74, 6) is 1.36. The topological polar surface area (TPSA) is 110 Å². The predicted molar refractivity (Wildman–Crippen MR) is 158 cm³/mol. The Morgan fingerprint density at radius 1 is 1.10 bits per heavy atom. The minimum absolute atomic E-state index is 0.310. The molecule has 11 heteroatoms. The quantitative estimate of drug-likeness (QED) is 0.176. The Balaban J connectivity index is 1.84. The number of fused-ring (bicyclic) bond motifs is 1. The lowest BCUT2D eigenvalue weighted by molar-refractivity contribution is -0.111. The van der Waals surface area contributed by atoms with Gasteiger partial charge in [-0.15, -0.1) is 0 Å². The molecule has 4 aromatic rings. The molecule has 0 aliphatic rings. The van der Waals surface area contributed by atoms with Crippen LogP contribution in [0.1, 0.15) is 18.9 Å². The van der Waals surface area contributed by atoms with Crippen LogP contribution in [0.15, 0.2) is 49.2 Å².